The first kappa shape index (κ1) is 24.6. The maximum Gasteiger partial charge on any atom is 0.256 e. The van der Waals surface area contributed by atoms with Crippen molar-refractivity contribution in [2.45, 2.75) is 18.9 Å². The molecule has 180 valence electrons. The molecule has 1 aliphatic heterocycles. The van der Waals surface area contributed by atoms with E-state index < -0.39 is 11.9 Å². The molecule has 0 unspecified atom stereocenters. The summed E-state index contributed by atoms with van der Waals surface area (Å²) in [5.74, 6) is -0.402. The van der Waals surface area contributed by atoms with Crippen molar-refractivity contribution in [1.82, 2.24) is 4.90 Å². The Hall–Kier alpha value is -3.49. The number of methoxy groups -OCH3 is 1. The normalized spacial score (nSPS) is 15.5. The van der Waals surface area contributed by atoms with Crippen molar-refractivity contribution < 1.29 is 18.7 Å². The minimum atomic E-state index is -0.793. The second kappa shape index (κ2) is 10.8. The highest BCUT2D eigenvalue weighted by Gasteiger charge is 2.43. The van der Waals surface area contributed by atoms with Crippen molar-refractivity contribution in [2.75, 3.05) is 23.9 Å². The molecular weight excluding hydrogens is 489 g/mol. The topological polar surface area (TPSA) is 61.9 Å². The van der Waals surface area contributed by atoms with E-state index in [1.807, 2.05) is 12.1 Å². The number of hydrogen-bond donors (Lipinski definition) is 1. The van der Waals surface area contributed by atoms with Gasteiger partial charge in [-0.2, -0.15) is 0 Å². The third-order valence-corrected chi connectivity index (χ3v) is 6.38. The Balaban J connectivity index is 1.54. The molecule has 1 atom stereocenters. The van der Waals surface area contributed by atoms with Crippen LogP contribution in [0.4, 0.5) is 15.8 Å². The number of thiocarbonyl (C=S) groups is 1. The highest BCUT2D eigenvalue weighted by Crippen LogP contribution is 2.28. The maximum atomic E-state index is 13.5. The predicted molar refractivity (Wildman–Crippen MR) is 138 cm³/mol. The molecule has 0 bridgehead atoms. The number of anilines is 2. The van der Waals surface area contributed by atoms with Gasteiger partial charge in [-0.05, 0) is 84.9 Å². The molecule has 0 spiro atoms. The number of carbonyl (C=O) groups is 2. The van der Waals surface area contributed by atoms with Crippen LogP contribution in [0.15, 0.2) is 72.8 Å². The van der Waals surface area contributed by atoms with Crippen molar-refractivity contribution in [3.8, 4) is 5.75 Å². The molecule has 1 fully saturated rings. The van der Waals surface area contributed by atoms with E-state index in [9.17, 15) is 14.0 Å². The maximum absolute atomic E-state index is 13.5. The van der Waals surface area contributed by atoms with Crippen LogP contribution in [-0.4, -0.2) is 41.5 Å². The molecule has 1 heterocycles. The van der Waals surface area contributed by atoms with Crippen molar-refractivity contribution in [3.05, 3.63) is 89.2 Å². The Morgan fingerprint density at radius 3 is 2.34 bits per heavy atom. The molecule has 0 aliphatic carbocycles. The van der Waals surface area contributed by atoms with E-state index in [0.717, 1.165) is 5.56 Å². The molecule has 6 nitrogen and oxygen atoms in total. The largest absolute Gasteiger partial charge is 0.497 e. The van der Waals surface area contributed by atoms with Gasteiger partial charge in [0.05, 0.1) is 19.2 Å². The van der Waals surface area contributed by atoms with E-state index in [1.54, 1.807) is 48.4 Å². The monoisotopic (exact) mass is 511 g/mol. The lowest BCUT2D eigenvalue weighted by Crippen LogP contribution is -2.39. The third-order valence-electron chi connectivity index (χ3n) is 5.71. The smallest absolute Gasteiger partial charge is 0.256 e. The highest BCUT2D eigenvalue weighted by molar-refractivity contribution is 7.80. The van der Waals surface area contributed by atoms with Crippen LogP contribution in [0.2, 0.25) is 5.02 Å². The summed E-state index contributed by atoms with van der Waals surface area (Å²) in [4.78, 5) is 29.4. The standard InChI is InChI=1S/C26H23ClFN3O3S/c1-34-22-12-8-20(9-13-22)29-24(32)16-23-25(33)31(21-10-6-19(28)7-11-21)26(35)30(23)15-14-17-2-4-18(27)5-3-17/h2-13,23H,14-16H2,1H3,(H,29,32)/t23-/m1/s1. The number of hydrogen-bond acceptors (Lipinski definition) is 4. The average Bonchev–Trinajstić information content (AvgIpc) is 3.08. The van der Waals surface area contributed by atoms with E-state index in [0.29, 0.717) is 35.1 Å². The van der Waals surface area contributed by atoms with Gasteiger partial charge in [-0.3, -0.25) is 14.5 Å². The molecule has 0 saturated carbocycles. The first-order valence-electron chi connectivity index (χ1n) is 10.9. The highest BCUT2D eigenvalue weighted by atomic mass is 35.5. The summed E-state index contributed by atoms with van der Waals surface area (Å²) in [5.41, 5.74) is 2.06. The number of amides is 2. The van der Waals surface area contributed by atoms with Gasteiger partial charge in [0.15, 0.2) is 5.11 Å². The van der Waals surface area contributed by atoms with Crippen LogP contribution in [0.25, 0.3) is 0 Å². The average molecular weight is 512 g/mol. The van der Waals surface area contributed by atoms with Crippen molar-refractivity contribution >= 4 is 52.1 Å². The first-order valence-corrected chi connectivity index (χ1v) is 11.7. The van der Waals surface area contributed by atoms with Crippen molar-refractivity contribution in [2.24, 2.45) is 0 Å². The summed E-state index contributed by atoms with van der Waals surface area (Å²) in [6, 6.07) is 19.1. The molecule has 1 saturated heterocycles. The molecule has 0 radical (unpaired) electrons. The van der Waals surface area contributed by atoms with Gasteiger partial charge in [0.2, 0.25) is 5.91 Å². The van der Waals surface area contributed by atoms with Crippen LogP contribution in [0.3, 0.4) is 0 Å². The fourth-order valence-corrected chi connectivity index (χ4v) is 4.42. The van der Waals surface area contributed by atoms with E-state index >= 15 is 0 Å². The second-order valence-electron chi connectivity index (χ2n) is 8.00. The molecule has 3 aromatic rings. The lowest BCUT2D eigenvalue weighted by molar-refractivity contribution is -0.124. The van der Waals surface area contributed by atoms with Crippen LogP contribution in [0.1, 0.15) is 12.0 Å². The summed E-state index contributed by atoms with van der Waals surface area (Å²) in [6.45, 7) is 0.421. The lowest BCUT2D eigenvalue weighted by Gasteiger charge is -2.24. The van der Waals surface area contributed by atoms with Crippen LogP contribution >= 0.6 is 23.8 Å². The summed E-state index contributed by atoms with van der Waals surface area (Å²) >= 11 is 11.6. The third kappa shape index (κ3) is 5.78. The molecule has 9 heteroatoms. The van der Waals surface area contributed by atoms with Gasteiger partial charge in [0.1, 0.15) is 17.6 Å². The zero-order valence-electron chi connectivity index (χ0n) is 18.9. The van der Waals surface area contributed by atoms with Gasteiger partial charge in [0.25, 0.3) is 5.91 Å². The molecule has 3 aromatic carbocycles. The molecule has 1 N–H and O–H groups in total. The van der Waals surface area contributed by atoms with Gasteiger partial charge in [-0.25, -0.2) is 4.39 Å². The molecule has 0 aromatic heterocycles. The first-order chi connectivity index (χ1) is 16.9. The Morgan fingerprint density at radius 2 is 1.71 bits per heavy atom. The minimum absolute atomic E-state index is 0.0939. The number of ether oxygens (including phenoxy) is 1. The molecular formula is C26H23ClFN3O3S. The van der Waals surface area contributed by atoms with E-state index in [2.05, 4.69) is 5.32 Å². The lowest BCUT2D eigenvalue weighted by atomic mass is 10.1. The number of nitrogens with zero attached hydrogens (tertiary/aromatic N) is 2. The van der Waals surface area contributed by atoms with Crippen LogP contribution in [0, 0.1) is 5.82 Å². The van der Waals surface area contributed by atoms with Crippen LogP contribution in [0.5, 0.6) is 5.75 Å². The van der Waals surface area contributed by atoms with E-state index in [1.165, 1.54) is 29.2 Å². The number of rotatable bonds is 8. The van der Waals surface area contributed by atoms with Crippen molar-refractivity contribution in [1.29, 1.82) is 0 Å². The number of halogens is 2. The van der Waals surface area contributed by atoms with Crippen molar-refractivity contribution in [3.63, 3.8) is 0 Å². The van der Waals surface area contributed by atoms with Gasteiger partial charge in [0, 0.05) is 17.3 Å². The second-order valence-corrected chi connectivity index (χ2v) is 8.80. The Morgan fingerprint density at radius 1 is 1.06 bits per heavy atom. The molecule has 35 heavy (non-hydrogen) atoms. The molecule has 2 amide bonds. The molecule has 1 aliphatic rings. The van der Waals surface area contributed by atoms with Crippen LogP contribution < -0.4 is 15.0 Å². The van der Waals surface area contributed by atoms with Gasteiger partial charge in [-0.1, -0.05) is 23.7 Å². The number of carbonyl (C=O) groups excluding carboxylic acids is 2. The fraction of sp³-hybridized carbons (Fsp3) is 0.192. The fourth-order valence-electron chi connectivity index (χ4n) is 3.88. The Bertz CT molecular complexity index is 1220. The van der Waals surface area contributed by atoms with Gasteiger partial charge >= 0.3 is 0 Å². The van der Waals surface area contributed by atoms with Crippen LogP contribution in [-0.2, 0) is 16.0 Å². The zero-order valence-corrected chi connectivity index (χ0v) is 20.5. The van der Waals surface area contributed by atoms with E-state index in [4.69, 9.17) is 28.6 Å². The summed E-state index contributed by atoms with van der Waals surface area (Å²) in [7, 11) is 1.56. The zero-order chi connectivity index (χ0) is 24.9. The SMILES string of the molecule is COc1ccc(NC(=O)C[C@@H]2C(=O)N(c3ccc(F)cc3)C(=S)N2CCc2ccc(Cl)cc2)cc1. The summed E-state index contributed by atoms with van der Waals surface area (Å²) < 4.78 is 18.6. The molecule has 4 rings (SSSR count). The van der Waals surface area contributed by atoms with Gasteiger partial charge in [-0.15, -0.1) is 0 Å². The quantitative estimate of drug-likeness (QED) is 0.428. The minimum Gasteiger partial charge on any atom is -0.497 e. The van der Waals surface area contributed by atoms with E-state index in [-0.39, 0.29) is 23.3 Å². The number of nitrogens with one attached hydrogen (secondary N) is 1. The predicted octanol–water partition coefficient (Wildman–Crippen LogP) is 5.06. The Labute approximate surface area is 213 Å². The summed E-state index contributed by atoms with van der Waals surface area (Å²) in [5, 5.41) is 3.73. The summed E-state index contributed by atoms with van der Waals surface area (Å²) in [6.07, 6.45) is 0.502. The number of benzene rings is 3. The Kier molecular flexibility index (Phi) is 7.63. The van der Waals surface area contributed by atoms with Gasteiger partial charge < -0.3 is 15.0 Å².